The molecule has 4 aromatic carbocycles. The number of benzene rings is 4. The Labute approximate surface area is 306 Å². The number of fused-ring (bicyclic) bond motifs is 4. The molecule has 2 aliphatic heterocycles. The second-order valence-electron chi connectivity index (χ2n) is 13.4. The van der Waals surface area contributed by atoms with Gasteiger partial charge in [-0.25, -0.2) is 0 Å². The number of nitrogens with one attached hydrogen (secondary N) is 1. The fourth-order valence-electron chi connectivity index (χ4n) is 7.62. The summed E-state index contributed by atoms with van der Waals surface area (Å²) in [6.07, 6.45) is 18.9. The summed E-state index contributed by atoms with van der Waals surface area (Å²) in [5.74, 6) is 0. The Morgan fingerprint density at radius 2 is 0.857 bits per heavy atom. The van der Waals surface area contributed by atoms with Crippen LogP contribution < -0.4 is 5.32 Å². The van der Waals surface area contributed by atoms with Gasteiger partial charge < -0.3 is 20.1 Å². The van der Waals surface area contributed by atoms with Gasteiger partial charge in [-0.15, -0.1) is 6.04 Å². The predicted molar refractivity (Wildman–Crippen MR) is 200 cm³/mol. The molecule has 4 nitrogen and oxygen atoms in total. The molecule has 1 radical (unpaired) electrons. The average molecular weight is 741 g/mol. The van der Waals surface area contributed by atoms with Crippen molar-refractivity contribution in [1.29, 1.82) is 0 Å². The van der Waals surface area contributed by atoms with Crippen LogP contribution >= 0.6 is 0 Å². The van der Waals surface area contributed by atoms with Crippen LogP contribution in [-0.4, -0.2) is 38.5 Å². The Morgan fingerprint density at radius 3 is 1.29 bits per heavy atom. The van der Waals surface area contributed by atoms with Gasteiger partial charge >= 0.3 is 19.5 Å². The van der Waals surface area contributed by atoms with Crippen molar-refractivity contribution in [2.45, 2.75) is 75.5 Å². The normalized spacial score (nSPS) is 20.8. The summed E-state index contributed by atoms with van der Waals surface area (Å²) < 4.78 is 9.89. The van der Waals surface area contributed by atoms with Gasteiger partial charge in [-0.2, -0.15) is 0 Å². The molecular formula is C44H49N2O2Rh+. The summed E-state index contributed by atoms with van der Waals surface area (Å²) >= 11 is 0. The van der Waals surface area contributed by atoms with E-state index in [2.05, 4.69) is 127 Å². The van der Waals surface area contributed by atoms with Gasteiger partial charge in [0.15, 0.2) is 0 Å². The zero-order valence-electron chi connectivity index (χ0n) is 28.4. The van der Waals surface area contributed by atoms with Crippen LogP contribution in [0.25, 0.3) is 29.6 Å². The Balaban J connectivity index is 0.000000326. The van der Waals surface area contributed by atoms with Gasteiger partial charge in [0.05, 0.1) is 6.04 Å². The maximum Gasteiger partial charge on any atom is 2.00 e. The van der Waals surface area contributed by atoms with Gasteiger partial charge in [-0.1, -0.05) is 158 Å². The van der Waals surface area contributed by atoms with Crippen molar-refractivity contribution >= 4 is 24.3 Å². The van der Waals surface area contributed by atoms with Crippen LogP contribution in [0, 0.1) is 0 Å². The summed E-state index contributed by atoms with van der Waals surface area (Å²) in [5.41, 5.74) is 10.5. The van der Waals surface area contributed by atoms with Crippen LogP contribution in [0.5, 0.6) is 0 Å². The molecule has 3 fully saturated rings. The molecule has 0 spiro atoms. The molecule has 49 heavy (non-hydrogen) atoms. The standard InChI is InChI=1S/C36H33N2.2C4H8O.Rh/c1-5-15-29-25(11-1)21-22-26-12-2-6-16-30(26)35(29)37-33-19-9-10-20-34(33)38-36-31-17-7-3-13-27(31)23-24-28-14-4-8-18-32(28)36;2*1-2-4-5-3-1;/h1-8,11-18,21-24,33-37H,9-10,19-20H2;2*1-4H2;/q-1;;;+2/t33-,34-;;;/m1.../s1. The minimum Gasteiger partial charge on any atom is -0.648 e. The van der Waals surface area contributed by atoms with Crippen molar-refractivity contribution in [1.82, 2.24) is 5.32 Å². The van der Waals surface area contributed by atoms with Crippen LogP contribution in [0.4, 0.5) is 0 Å². The molecule has 3 aliphatic carbocycles. The van der Waals surface area contributed by atoms with E-state index in [0.29, 0.717) is 6.04 Å². The quantitative estimate of drug-likeness (QED) is 0.212. The van der Waals surface area contributed by atoms with Gasteiger partial charge in [0, 0.05) is 26.4 Å². The molecule has 1 saturated carbocycles. The van der Waals surface area contributed by atoms with Gasteiger partial charge in [-0.05, 0) is 71.5 Å². The fourth-order valence-corrected chi connectivity index (χ4v) is 7.62. The summed E-state index contributed by atoms with van der Waals surface area (Å²) in [6.45, 7) is 4.00. The van der Waals surface area contributed by atoms with Gasteiger partial charge in [0.25, 0.3) is 0 Å². The molecule has 5 heteroatoms. The number of ether oxygens (including phenoxy) is 2. The molecule has 2 saturated heterocycles. The third-order valence-corrected chi connectivity index (χ3v) is 10.2. The van der Waals surface area contributed by atoms with E-state index in [-0.39, 0.29) is 37.6 Å². The Bertz CT molecular complexity index is 1450. The minimum absolute atomic E-state index is 0. The molecule has 2 atom stereocenters. The van der Waals surface area contributed by atoms with Gasteiger partial charge in [-0.3, -0.25) is 0 Å². The summed E-state index contributed by atoms with van der Waals surface area (Å²) in [6, 6.07) is 36.0. The molecule has 0 amide bonds. The Hall–Kier alpha value is -3.18. The first-order valence-electron chi connectivity index (χ1n) is 18.2. The van der Waals surface area contributed by atoms with Gasteiger partial charge in [0.1, 0.15) is 0 Å². The second-order valence-corrected chi connectivity index (χ2v) is 13.4. The zero-order valence-corrected chi connectivity index (χ0v) is 30.1. The SMILES string of the molecule is C1=Cc2ccccc2C([N-][C@@H]2CCCC[C@H]2NC2c3ccccc3C=Cc3ccccc32)c2ccccc21.C1CCOC1.C1CCOC1.[Rh+2]. The molecule has 0 aromatic heterocycles. The fraction of sp³-hybridized carbons (Fsp3) is 0.364. The molecule has 255 valence electrons. The smallest absolute Gasteiger partial charge is 0.648 e. The molecule has 0 unspecified atom stereocenters. The molecule has 1 N–H and O–H groups in total. The van der Waals surface area contributed by atoms with Crippen molar-refractivity contribution in [3.8, 4) is 0 Å². The van der Waals surface area contributed by atoms with Crippen molar-refractivity contribution in [2.24, 2.45) is 0 Å². The number of rotatable bonds is 4. The molecule has 4 aromatic rings. The molecule has 5 aliphatic rings. The van der Waals surface area contributed by atoms with E-state index < -0.39 is 0 Å². The first-order chi connectivity index (χ1) is 23.8. The third kappa shape index (κ3) is 8.95. The minimum atomic E-state index is 0. The van der Waals surface area contributed by atoms with Crippen LogP contribution in [0.1, 0.15) is 108 Å². The van der Waals surface area contributed by atoms with Crippen molar-refractivity contribution in [3.63, 3.8) is 0 Å². The number of hydrogen-bond donors (Lipinski definition) is 1. The predicted octanol–water partition coefficient (Wildman–Crippen LogP) is 10.4. The van der Waals surface area contributed by atoms with E-state index in [1.165, 1.54) is 83.0 Å². The van der Waals surface area contributed by atoms with Crippen molar-refractivity contribution < 1.29 is 29.0 Å². The monoisotopic (exact) mass is 740 g/mol. The van der Waals surface area contributed by atoms with E-state index >= 15 is 0 Å². The molecule has 0 bridgehead atoms. The summed E-state index contributed by atoms with van der Waals surface area (Å²) in [4.78, 5) is 0. The molecule has 2 heterocycles. The zero-order chi connectivity index (χ0) is 32.4. The van der Waals surface area contributed by atoms with E-state index in [0.717, 1.165) is 39.3 Å². The van der Waals surface area contributed by atoms with Crippen LogP contribution in [-0.2, 0) is 29.0 Å². The molecular weight excluding hydrogens is 691 g/mol. The number of nitrogens with zero attached hydrogens (tertiary/aromatic N) is 1. The van der Waals surface area contributed by atoms with E-state index in [9.17, 15) is 0 Å². The molecule has 9 rings (SSSR count). The van der Waals surface area contributed by atoms with Crippen molar-refractivity contribution in [3.05, 3.63) is 147 Å². The maximum absolute atomic E-state index is 5.70. The van der Waals surface area contributed by atoms with Crippen LogP contribution in [0.2, 0.25) is 0 Å². The topological polar surface area (TPSA) is 44.6 Å². The Morgan fingerprint density at radius 1 is 0.469 bits per heavy atom. The third-order valence-electron chi connectivity index (χ3n) is 10.2. The second kappa shape index (κ2) is 18.2. The summed E-state index contributed by atoms with van der Waals surface area (Å²) in [5, 5.41) is 9.87. The van der Waals surface area contributed by atoms with Crippen molar-refractivity contribution in [2.75, 3.05) is 26.4 Å². The summed E-state index contributed by atoms with van der Waals surface area (Å²) in [7, 11) is 0. The van der Waals surface area contributed by atoms with E-state index in [4.69, 9.17) is 14.8 Å². The maximum atomic E-state index is 5.70. The number of hydrogen-bond acceptors (Lipinski definition) is 3. The van der Waals surface area contributed by atoms with E-state index in [1.54, 1.807) is 0 Å². The largest absolute Gasteiger partial charge is 2.00 e. The first-order valence-corrected chi connectivity index (χ1v) is 18.2. The Kier molecular flexibility index (Phi) is 13.2. The van der Waals surface area contributed by atoms with Crippen LogP contribution in [0.15, 0.2) is 97.1 Å². The van der Waals surface area contributed by atoms with E-state index in [1.807, 2.05) is 0 Å². The average Bonchev–Trinajstić information content (AvgIpc) is 3.90. The van der Waals surface area contributed by atoms with Crippen LogP contribution in [0.3, 0.4) is 0 Å². The first kappa shape index (κ1) is 35.6. The van der Waals surface area contributed by atoms with Gasteiger partial charge in [0.2, 0.25) is 0 Å².